The number of nitrogens with zero attached hydrogens (tertiary/aromatic N) is 2. The van der Waals surface area contributed by atoms with E-state index >= 15 is 0 Å². The molecule has 1 saturated heterocycles. The molecule has 2 aromatic rings. The number of amides is 2. The quantitative estimate of drug-likeness (QED) is 0.864. The summed E-state index contributed by atoms with van der Waals surface area (Å²) in [6, 6.07) is 16.8. The van der Waals surface area contributed by atoms with Crippen molar-refractivity contribution in [3.63, 3.8) is 0 Å². The highest BCUT2D eigenvalue weighted by molar-refractivity contribution is 6.07. The molecule has 1 aliphatic heterocycles. The first-order valence-corrected chi connectivity index (χ1v) is 9.17. The number of carbonyl (C=O) groups excluding carboxylic acids is 2. The Kier molecular flexibility index (Phi) is 5.56. The molecule has 0 saturated carbocycles. The van der Waals surface area contributed by atoms with E-state index in [-0.39, 0.29) is 11.8 Å². The summed E-state index contributed by atoms with van der Waals surface area (Å²) in [5, 5.41) is 2.95. The fourth-order valence-electron chi connectivity index (χ4n) is 3.41. The van der Waals surface area contributed by atoms with Gasteiger partial charge in [-0.3, -0.25) is 14.5 Å². The van der Waals surface area contributed by atoms with E-state index in [1.807, 2.05) is 54.6 Å². The predicted molar refractivity (Wildman–Crippen MR) is 106 cm³/mol. The van der Waals surface area contributed by atoms with E-state index in [1.54, 1.807) is 4.90 Å². The van der Waals surface area contributed by atoms with Gasteiger partial charge in [0.2, 0.25) is 11.8 Å². The summed E-state index contributed by atoms with van der Waals surface area (Å²) in [5.41, 5.74) is 2.65. The Morgan fingerprint density at radius 1 is 1.08 bits per heavy atom. The van der Waals surface area contributed by atoms with Crippen molar-refractivity contribution in [1.29, 1.82) is 0 Å². The smallest absolute Gasteiger partial charge is 0.247 e. The van der Waals surface area contributed by atoms with E-state index in [0.29, 0.717) is 12.8 Å². The topological polar surface area (TPSA) is 52.7 Å². The van der Waals surface area contributed by atoms with Gasteiger partial charge in [0.1, 0.15) is 6.04 Å². The second-order valence-corrected chi connectivity index (χ2v) is 6.36. The van der Waals surface area contributed by atoms with Crippen LogP contribution in [0.4, 0.5) is 17.1 Å². The SMILES string of the molecule is CCN(CC)c1ccc(NC(=O)C2CCC(=O)N2c2ccccc2)cc1. The summed E-state index contributed by atoms with van der Waals surface area (Å²) in [4.78, 5) is 28.9. The van der Waals surface area contributed by atoms with Gasteiger partial charge in [0.15, 0.2) is 0 Å². The molecule has 1 unspecified atom stereocenters. The first-order valence-electron chi connectivity index (χ1n) is 9.17. The lowest BCUT2D eigenvalue weighted by Crippen LogP contribution is -2.41. The molecular formula is C21H25N3O2. The summed E-state index contributed by atoms with van der Waals surface area (Å²) in [6.45, 7) is 6.12. The lowest BCUT2D eigenvalue weighted by Gasteiger charge is -2.24. The molecule has 3 rings (SSSR count). The largest absolute Gasteiger partial charge is 0.372 e. The van der Waals surface area contributed by atoms with Gasteiger partial charge in [-0.15, -0.1) is 0 Å². The average Bonchev–Trinajstić information content (AvgIpc) is 3.06. The van der Waals surface area contributed by atoms with Gasteiger partial charge in [-0.25, -0.2) is 0 Å². The molecule has 0 radical (unpaired) electrons. The third kappa shape index (κ3) is 3.72. The Hall–Kier alpha value is -2.82. The molecule has 0 spiro atoms. The number of benzene rings is 2. The van der Waals surface area contributed by atoms with Crippen molar-refractivity contribution in [1.82, 2.24) is 0 Å². The van der Waals surface area contributed by atoms with Crippen LogP contribution in [0.25, 0.3) is 0 Å². The van der Waals surface area contributed by atoms with Gasteiger partial charge in [0.25, 0.3) is 0 Å². The number of anilines is 3. The Bertz CT molecular complexity index is 755. The first-order chi connectivity index (χ1) is 12.6. The van der Waals surface area contributed by atoms with Crippen LogP contribution >= 0.6 is 0 Å². The van der Waals surface area contributed by atoms with Crippen LogP contribution in [0, 0.1) is 0 Å². The Balaban J connectivity index is 1.72. The molecule has 1 fully saturated rings. The van der Waals surface area contributed by atoms with Crippen LogP contribution < -0.4 is 15.1 Å². The number of hydrogen-bond donors (Lipinski definition) is 1. The highest BCUT2D eigenvalue weighted by Gasteiger charge is 2.37. The summed E-state index contributed by atoms with van der Waals surface area (Å²) in [7, 11) is 0. The third-order valence-corrected chi connectivity index (χ3v) is 4.81. The standard InChI is InChI=1S/C21H25N3O2/c1-3-23(4-2)17-12-10-16(11-13-17)22-21(26)19-14-15-20(25)24(19)18-8-6-5-7-9-18/h5-13,19H,3-4,14-15H2,1-2H3,(H,22,26). The van der Waals surface area contributed by atoms with Crippen molar-refractivity contribution in [2.75, 3.05) is 28.2 Å². The molecule has 0 bridgehead atoms. The molecule has 0 aliphatic carbocycles. The normalized spacial score (nSPS) is 16.6. The minimum absolute atomic E-state index is 0.00627. The zero-order valence-electron chi connectivity index (χ0n) is 15.3. The van der Waals surface area contributed by atoms with E-state index in [0.717, 1.165) is 30.2 Å². The maximum atomic E-state index is 12.8. The molecule has 136 valence electrons. The Morgan fingerprint density at radius 2 is 1.73 bits per heavy atom. The van der Waals surface area contributed by atoms with Gasteiger partial charge in [-0.2, -0.15) is 0 Å². The van der Waals surface area contributed by atoms with Crippen LogP contribution in [0.1, 0.15) is 26.7 Å². The number of para-hydroxylation sites is 1. The number of rotatable bonds is 6. The second kappa shape index (κ2) is 8.04. The fraction of sp³-hybridized carbons (Fsp3) is 0.333. The lowest BCUT2D eigenvalue weighted by atomic mass is 10.1. The molecule has 1 aliphatic rings. The van der Waals surface area contributed by atoms with Crippen LogP contribution in [-0.4, -0.2) is 30.9 Å². The predicted octanol–water partition coefficient (Wildman–Crippen LogP) is 3.67. The third-order valence-electron chi connectivity index (χ3n) is 4.81. The first kappa shape index (κ1) is 18.0. The van der Waals surface area contributed by atoms with Crippen LogP contribution in [-0.2, 0) is 9.59 Å². The molecule has 1 atom stereocenters. The minimum Gasteiger partial charge on any atom is -0.372 e. The maximum Gasteiger partial charge on any atom is 0.247 e. The number of carbonyl (C=O) groups is 2. The zero-order valence-corrected chi connectivity index (χ0v) is 15.3. The molecule has 26 heavy (non-hydrogen) atoms. The van der Waals surface area contributed by atoms with E-state index in [1.165, 1.54) is 0 Å². The molecule has 2 aromatic carbocycles. The average molecular weight is 351 g/mol. The highest BCUT2D eigenvalue weighted by atomic mass is 16.2. The van der Waals surface area contributed by atoms with Gasteiger partial charge in [0, 0.05) is 36.6 Å². The highest BCUT2D eigenvalue weighted by Crippen LogP contribution is 2.27. The van der Waals surface area contributed by atoms with Crippen molar-refractivity contribution in [3.8, 4) is 0 Å². The molecular weight excluding hydrogens is 326 g/mol. The van der Waals surface area contributed by atoms with E-state index in [4.69, 9.17) is 0 Å². The zero-order chi connectivity index (χ0) is 18.5. The minimum atomic E-state index is -0.465. The van der Waals surface area contributed by atoms with Crippen molar-refractivity contribution < 1.29 is 9.59 Å². The number of nitrogens with one attached hydrogen (secondary N) is 1. The molecule has 2 amide bonds. The van der Waals surface area contributed by atoms with Crippen molar-refractivity contribution in [2.24, 2.45) is 0 Å². The maximum absolute atomic E-state index is 12.8. The molecule has 1 N–H and O–H groups in total. The molecule has 0 aromatic heterocycles. The summed E-state index contributed by atoms with van der Waals surface area (Å²) >= 11 is 0. The number of hydrogen-bond acceptors (Lipinski definition) is 3. The summed E-state index contributed by atoms with van der Waals surface area (Å²) < 4.78 is 0. The van der Waals surface area contributed by atoms with E-state index in [2.05, 4.69) is 24.1 Å². The van der Waals surface area contributed by atoms with Crippen molar-refractivity contribution in [2.45, 2.75) is 32.7 Å². The van der Waals surface area contributed by atoms with Crippen molar-refractivity contribution >= 4 is 28.9 Å². The second-order valence-electron chi connectivity index (χ2n) is 6.36. The van der Waals surface area contributed by atoms with Gasteiger partial charge in [-0.1, -0.05) is 18.2 Å². The van der Waals surface area contributed by atoms with Crippen molar-refractivity contribution in [3.05, 3.63) is 54.6 Å². The Morgan fingerprint density at radius 3 is 2.35 bits per heavy atom. The van der Waals surface area contributed by atoms with E-state index in [9.17, 15) is 9.59 Å². The molecule has 5 nitrogen and oxygen atoms in total. The summed E-state index contributed by atoms with van der Waals surface area (Å²) in [5.74, 6) is -0.150. The van der Waals surface area contributed by atoms with Crippen LogP contribution in [0.2, 0.25) is 0 Å². The van der Waals surface area contributed by atoms with Gasteiger partial charge >= 0.3 is 0 Å². The monoisotopic (exact) mass is 351 g/mol. The molecule has 1 heterocycles. The van der Waals surface area contributed by atoms with Crippen LogP contribution in [0.3, 0.4) is 0 Å². The Labute approximate surface area is 154 Å². The summed E-state index contributed by atoms with van der Waals surface area (Å²) in [6.07, 6.45) is 0.935. The van der Waals surface area contributed by atoms with Crippen LogP contribution in [0.15, 0.2) is 54.6 Å². The van der Waals surface area contributed by atoms with Crippen LogP contribution in [0.5, 0.6) is 0 Å². The van der Waals surface area contributed by atoms with Gasteiger partial charge in [-0.05, 0) is 56.7 Å². The van der Waals surface area contributed by atoms with Gasteiger partial charge in [0.05, 0.1) is 0 Å². The van der Waals surface area contributed by atoms with Gasteiger partial charge < -0.3 is 10.2 Å². The lowest BCUT2D eigenvalue weighted by molar-refractivity contribution is -0.120. The van der Waals surface area contributed by atoms with E-state index < -0.39 is 6.04 Å². The molecule has 5 heteroatoms. The fourth-order valence-corrected chi connectivity index (χ4v) is 3.41.